The van der Waals surface area contributed by atoms with Gasteiger partial charge in [-0.25, -0.2) is 0 Å². The SMILES string of the molecule is CCn1cc([C@@H](N)CC(F)(F)F)cn1. The van der Waals surface area contributed by atoms with Crippen molar-refractivity contribution in [2.45, 2.75) is 32.1 Å². The Balaban J connectivity index is 2.65. The van der Waals surface area contributed by atoms with Crippen molar-refractivity contribution in [3.05, 3.63) is 18.0 Å². The second kappa shape index (κ2) is 4.00. The Morgan fingerprint density at radius 2 is 2.21 bits per heavy atom. The molecule has 1 rings (SSSR count). The summed E-state index contributed by atoms with van der Waals surface area (Å²) in [7, 11) is 0. The summed E-state index contributed by atoms with van der Waals surface area (Å²) in [6.07, 6.45) is -2.33. The van der Waals surface area contributed by atoms with Crippen LogP contribution >= 0.6 is 0 Å². The van der Waals surface area contributed by atoms with E-state index in [2.05, 4.69) is 5.10 Å². The van der Waals surface area contributed by atoms with Crippen molar-refractivity contribution in [1.82, 2.24) is 9.78 Å². The van der Waals surface area contributed by atoms with Gasteiger partial charge in [-0.15, -0.1) is 0 Å². The average molecular weight is 207 g/mol. The Morgan fingerprint density at radius 1 is 1.57 bits per heavy atom. The van der Waals surface area contributed by atoms with Crippen molar-refractivity contribution < 1.29 is 13.2 Å². The van der Waals surface area contributed by atoms with Gasteiger partial charge in [-0.2, -0.15) is 18.3 Å². The van der Waals surface area contributed by atoms with Crippen LogP contribution in [0.15, 0.2) is 12.4 Å². The van der Waals surface area contributed by atoms with E-state index < -0.39 is 18.6 Å². The van der Waals surface area contributed by atoms with E-state index in [0.717, 1.165) is 0 Å². The van der Waals surface area contributed by atoms with Gasteiger partial charge in [0, 0.05) is 24.3 Å². The number of hydrogen-bond acceptors (Lipinski definition) is 2. The number of nitrogens with two attached hydrogens (primary N) is 1. The first kappa shape index (κ1) is 11.0. The zero-order chi connectivity index (χ0) is 10.8. The second-order valence-electron chi connectivity index (χ2n) is 3.06. The summed E-state index contributed by atoms with van der Waals surface area (Å²) in [4.78, 5) is 0. The van der Waals surface area contributed by atoms with Gasteiger partial charge < -0.3 is 5.73 Å². The van der Waals surface area contributed by atoms with E-state index in [4.69, 9.17) is 5.73 Å². The van der Waals surface area contributed by atoms with Crippen LogP contribution in [0.25, 0.3) is 0 Å². The number of halogens is 3. The molecule has 0 aliphatic heterocycles. The van der Waals surface area contributed by atoms with Crippen molar-refractivity contribution in [1.29, 1.82) is 0 Å². The van der Waals surface area contributed by atoms with Crippen LogP contribution in [0.3, 0.4) is 0 Å². The van der Waals surface area contributed by atoms with Crippen LogP contribution in [0, 0.1) is 0 Å². The van der Waals surface area contributed by atoms with Crippen molar-refractivity contribution >= 4 is 0 Å². The molecule has 80 valence electrons. The third-order valence-corrected chi connectivity index (χ3v) is 1.86. The molecule has 0 aliphatic carbocycles. The molecule has 2 N–H and O–H groups in total. The summed E-state index contributed by atoms with van der Waals surface area (Å²) in [6, 6.07) is -1.02. The van der Waals surface area contributed by atoms with E-state index in [1.54, 1.807) is 4.68 Å². The first-order valence-corrected chi connectivity index (χ1v) is 4.27. The highest BCUT2D eigenvalue weighted by atomic mass is 19.4. The van der Waals surface area contributed by atoms with Crippen LogP contribution in [0.5, 0.6) is 0 Å². The lowest BCUT2D eigenvalue weighted by atomic mass is 10.1. The van der Waals surface area contributed by atoms with Crippen molar-refractivity contribution in [3.63, 3.8) is 0 Å². The minimum atomic E-state index is -4.23. The molecule has 0 bridgehead atoms. The van der Waals surface area contributed by atoms with Gasteiger partial charge in [-0.3, -0.25) is 4.68 Å². The molecule has 0 amide bonds. The Hall–Kier alpha value is -1.04. The molecule has 0 aliphatic rings. The molecule has 1 atom stereocenters. The summed E-state index contributed by atoms with van der Waals surface area (Å²) < 4.78 is 37.5. The monoisotopic (exact) mass is 207 g/mol. The summed E-state index contributed by atoms with van der Waals surface area (Å²) in [6.45, 7) is 2.48. The molecular formula is C8H12F3N3. The number of aromatic nitrogens is 2. The molecule has 14 heavy (non-hydrogen) atoms. The molecular weight excluding hydrogens is 195 g/mol. The zero-order valence-corrected chi connectivity index (χ0v) is 7.75. The van der Waals surface area contributed by atoms with Gasteiger partial charge in [-0.05, 0) is 6.92 Å². The Morgan fingerprint density at radius 3 is 2.64 bits per heavy atom. The molecule has 0 radical (unpaired) electrons. The number of rotatable bonds is 3. The van der Waals surface area contributed by atoms with Crippen LogP contribution in [-0.4, -0.2) is 16.0 Å². The topological polar surface area (TPSA) is 43.8 Å². The first-order chi connectivity index (χ1) is 6.42. The molecule has 0 saturated heterocycles. The third-order valence-electron chi connectivity index (χ3n) is 1.86. The predicted octanol–water partition coefficient (Wildman–Crippen LogP) is 1.86. The van der Waals surface area contributed by atoms with E-state index in [-0.39, 0.29) is 0 Å². The van der Waals surface area contributed by atoms with E-state index >= 15 is 0 Å². The van der Waals surface area contributed by atoms with E-state index in [0.29, 0.717) is 12.1 Å². The fraction of sp³-hybridized carbons (Fsp3) is 0.625. The van der Waals surface area contributed by atoms with Gasteiger partial charge >= 0.3 is 6.18 Å². The maximum absolute atomic E-state index is 12.0. The molecule has 0 fully saturated rings. The Kier molecular flexibility index (Phi) is 3.15. The lowest BCUT2D eigenvalue weighted by Gasteiger charge is -2.11. The van der Waals surface area contributed by atoms with Crippen LogP contribution in [-0.2, 0) is 6.54 Å². The van der Waals surface area contributed by atoms with Crippen LogP contribution in [0.2, 0.25) is 0 Å². The van der Waals surface area contributed by atoms with Gasteiger partial charge in [0.2, 0.25) is 0 Å². The molecule has 0 unspecified atom stereocenters. The first-order valence-electron chi connectivity index (χ1n) is 4.27. The van der Waals surface area contributed by atoms with Gasteiger partial charge in [0.25, 0.3) is 0 Å². The molecule has 6 heteroatoms. The summed E-state index contributed by atoms with van der Waals surface area (Å²) >= 11 is 0. The van der Waals surface area contributed by atoms with Crippen molar-refractivity contribution in [2.24, 2.45) is 5.73 Å². The number of aryl methyl sites for hydroxylation is 1. The standard InChI is InChI=1S/C8H12F3N3/c1-2-14-5-6(4-13-14)7(12)3-8(9,10)11/h4-5,7H,2-3,12H2,1H3/t7-/m0/s1. The number of alkyl halides is 3. The minimum absolute atomic E-state index is 0.421. The van der Waals surface area contributed by atoms with Crippen molar-refractivity contribution in [3.8, 4) is 0 Å². The Bertz CT molecular complexity index is 292. The summed E-state index contributed by atoms with van der Waals surface area (Å²) in [5.41, 5.74) is 5.80. The quantitative estimate of drug-likeness (QED) is 0.822. The molecule has 1 heterocycles. The largest absolute Gasteiger partial charge is 0.390 e. The molecule has 3 nitrogen and oxygen atoms in total. The summed E-state index contributed by atoms with van der Waals surface area (Å²) in [5, 5.41) is 3.86. The lowest BCUT2D eigenvalue weighted by Crippen LogP contribution is -2.19. The molecule has 1 aromatic rings. The van der Waals surface area contributed by atoms with Gasteiger partial charge in [0.05, 0.1) is 12.6 Å². The number of nitrogens with zero attached hydrogens (tertiary/aromatic N) is 2. The third kappa shape index (κ3) is 3.02. The second-order valence-corrected chi connectivity index (χ2v) is 3.06. The fourth-order valence-corrected chi connectivity index (χ4v) is 1.11. The molecule has 0 saturated carbocycles. The maximum atomic E-state index is 12.0. The van der Waals surface area contributed by atoms with E-state index in [1.165, 1.54) is 12.4 Å². The highest BCUT2D eigenvalue weighted by Crippen LogP contribution is 2.27. The fourth-order valence-electron chi connectivity index (χ4n) is 1.11. The van der Waals surface area contributed by atoms with E-state index in [1.807, 2.05) is 6.92 Å². The Labute approximate surface area is 79.7 Å². The smallest absolute Gasteiger partial charge is 0.324 e. The van der Waals surface area contributed by atoms with Crippen LogP contribution < -0.4 is 5.73 Å². The van der Waals surface area contributed by atoms with Gasteiger partial charge in [0.15, 0.2) is 0 Å². The van der Waals surface area contributed by atoms with Crippen molar-refractivity contribution in [2.75, 3.05) is 0 Å². The van der Waals surface area contributed by atoms with Gasteiger partial charge in [-0.1, -0.05) is 0 Å². The zero-order valence-electron chi connectivity index (χ0n) is 7.75. The normalized spacial score (nSPS) is 14.4. The van der Waals surface area contributed by atoms with Gasteiger partial charge in [0.1, 0.15) is 0 Å². The van der Waals surface area contributed by atoms with Crippen LogP contribution in [0.4, 0.5) is 13.2 Å². The summed E-state index contributed by atoms with van der Waals surface area (Å²) in [5.74, 6) is 0. The maximum Gasteiger partial charge on any atom is 0.390 e. The minimum Gasteiger partial charge on any atom is -0.324 e. The predicted molar refractivity (Wildman–Crippen MR) is 45.5 cm³/mol. The highest BCUT2D eigenvalue weighted by molar-refractivity contribution is 5.09. The molecule has 0 aromatic carbocycles. The molecule has 1 aromatic heterocycles. The highest BCUT2D eigenvalue weighted by Gasteiger charge is 2.31. The van der Waals surface area contributed by atoms with E-state index in [9.17, 15) is 13.2 Å². The lowest BCUT2D eigenvalue weighted by molar-refractivity contribution is -0.138. The molecule has 0 spiro atoms. The average Bonchev–Trinajstić information content (AvgIpc) is 2.48. The number of hydrogen-bond donors (Lipinski definition) is 1. The van der Waals surface area contributed by atoms with Crippen LogP contribution in [0.1, 0.15) is 24.9 Å².